The van der Waals surface area contributed by atoms with Crippen LogP contribution in [-0.2, 0) is 0 Å². The Kier molecular flexibility index (Phi) is 5.86. The van der Waals surface area contributed by atoms with E-state index in [2.05, 4.69) is 55.5 Å². The molecule has 0 radical (unpaired) electrons. The van der Waals surface area contributed by atoms with Crippen molar-refractivity contribution < 1.29 is 0 Å². The highest BCUT2D eigenvalue weighted by Crippen LogP contribution is 2.34. The standard InChI is InChI=1S/C24H25N/c1-2-3-4-5-19-6-10-21(11-7-19)23-14-16-24(17-15-23)22-12-8-20(18-25)9-13-22/h2-3,6,8-9,12-17,21H,4-5,7,10-11H2,1H3/b3-2+. The summed E-state index contributed by atoms with van der Waals surface area (Å²) in [6.45, 7) is 2.09. The minimum absolute atomic E-state index is 0.653. The van der Waals surface area contributed by atoms with Gasteiger partial charge in [0.1, 0.15) is 0 Å². The quantitative estimate of drug-likeness (QED) is 0.555. The van der Waals surface area contributed by atoms with Crippen molar-refractivity contribution in [1.82, 2.24) is 0 Å². The minimum Gasteiger partial charge on any atom is -0.192 e. The van der Waals surface area contributed by atoms with Crippen molar-refractivity contribution in [3.05, 3.63) is 83.5 Å². The van der Waals surface area contributed by atoms with Gasteiger partial charge in [-0.05, 0) is 73.8 Å². The first kappa shape index (κ1) is 17.2. The molecular formula is C24H25N. The van der Waals surface area contributed by atoms with Gasteiger partial charge in [-0.25, -0.2) is 0 Å². The van der Waals surface area contributed by atoms with Crippen molar-refractivity contribution in [3.8, 4) is 17.2 Å². The number of hydrogen-bond donors (Lipinski definition) is 0. The van der Waals surface area contributed by atoms with Crippen molar-refractivity contribution in [3.63, 3.8) is 0 Å². The van der Waals surface area contributed by atoms with Crippen LogP contribution >= 0.6 is 0 Å². The van der Waals surface area contributed by atoms with Gasteiger partial charge >= 0.3 is 0 Å². The first-order chi connectivity index (χ1) is 12.3. The summed E-state index contributed by atoms with van der Waals surface area (Å²) in [6.07, 6.45) is 12.9. The summed E-state index contributed by atoms with van der Waals surface area (Å²) in [5, 5.41) is 8.90. The Morgan fingerprint density at radius 2 is 1.72 bits per heavy atom. The van der Waals surface area contributed by atoms with E-state index in [0.717, 1.165) is 0 Å². The van der Waals surface area contributed by atoms with E-state index < -0.39 is 0 Å². The smallest absolute Gasteiger partial charge is 0.0991 e. The molecule has 0 spiro atoms. The molecule has 0 heterocycles. The van der Waals surface area contributed by atoms with Crippen molar-refractivity contribution in [1.29, 1.82) is 5.26 Å². The van der Waals surface area contributed by atoms with Gasteiger partial charge in [0, 0.05) is 0 Å². The zero-order chi connectivity index (χ0) is 17.5. The van der Waals surface area contributed by atoms with Crippen LogP contribution in [0.15, 0.2) is 72.3 Å². The molecule has 0 fully saturated rings. The number of nitriles is 1. The predicted octanol–water partition coefficient (Wildman–Crippen LogP) is 6.78. The Bertz CT molecular complexity index is 785. The summed E-state index contributed by atoms with van der Waals surface area (Å²) in [7, 11) is 0. The van der Waals surface area contributed by atoms with Crippen LogP contribution in [0.25, 0.3) is 11.1 Å². The van der Waals surface area contributed by atoms with Crippen LogP contribution in [0.1, 0.15) is 56.1 Å². The lowest BCUT2D eigenvalue weighted by Crippen LogP contribution is -2.04. The van der Waals surface area contributed by atoms with Crippen LogP contribution in [0.5, 0.6) is 0 Å². The van der Waals surface area contributed by atoms with Gasteiger partial charge < -0.3 is 0 Å². The lowest BCUT2D eigenvalue weighted by molar-refractivity contribution is 0.586. The molecule has 0 aromatic heterocycles. The second kappa shape index (κ2) is 8.49. The van der Waals surface area contributed by atoms with Crippen LogP contribution in [-0.4, -0.2) is 0 Å². The maximum absolute atomic E-state index is 8.90. The monoisotopic (exact) mass is 327 g/mol. The number of allylic oxidation sites excluding steroid dienone is 4. The van der Waals surface area contributed by atoms with Gasteiger partial charge in [-0.15, -0.1) is 0 Å². The molecule has 25 heavy (non-hydrogen) atoms. The Morgan fingerprint density at radius 3 is 2.28 bits per heavy atom. The first-order valence-electron chi connectivity index (χ1n) is 9.19. The highest BCUT2D eigenvalue weighted by Gasteiger charge is 2.16. The van der Waals surface area contributed by atoms with E-state index in [0.29, 0.717) is 11.5 Å². The lowest BCUT2D eigenvalue weighted by Gasteiger charge is -2.22. The fraction of sp³-hybridized carbons (Fsp3) is 0.292. The third kappa shape index (κ3) is 4.48. The van der Waals surface area contributed by atoms with E-state index in [1.807, 2.05) is 24.3 Å². The summed E-state index contributed by atoms with van der Waals surface area (Å²) in [5.41, 5.74) is 6.16. The molecule has 0 saturated carbocycles. The molecule has 1 atom stereocenters. The Morgan fingerprint density at radius 1 is 1.04 bits per heavy atom. The SMILES string of the molecule is C/C=C/CCC1=CCC(c2ccc(-c3ccc(C#N)cc3)cc2)CC1. The third-order valence-corrected chi connectivity index (χ3v) is 5.10. The van der Waals surface area contributed by atoms with Crippen LogP contribution in [0.4, 0.5) is 0 Å². The molecule has 0 amide bonds. The first-order valence-corrected chi connectivity index (χ1v) is 9.19. The molecule has 1 nitrogen and oxygen atoms in total. The zero-order valence-electron chi connectivity index (χ0n) is 14.9. The van der Waals surface area contributed by atoms with Crippen molar-refractivity contribution in [2.24, 2.45) is 0 Å². The fourth-order valence-corrected chi connectivity index (χ4v) is 3.54. The largest absolute Gasteiger partial charge is 0.192 e. The summed E-state index contributed by atoms with van der Waals surface area (Å²) in [4.78, 5) is 0. The number of nitrogens with zero attached hydrogens (tertiary/aromatic N) is 1. The Hall–Kier alpha value is -2.59. The maximum Gasteiger partial charge on any atom is 0.0991 e. The molecule has 126 valence electrons. The van der Waals surface area contributed by atoms with Crippen LogP contribution in [0, 0.1) is 11.3 Å². The topological polar surface area (TPSA) is 23.8 Å². The van der Waals surface area contributed by atoms with Gasteiger partial charge in [-0.3, -0.25) is 0 Å². The molecule has 2 aromatic rings. The number of benzene rings is 2. The molecule has 0 aliphatic heterocycles. The minimum atomic E-state index is 0.653. The molecule has 2 aromatic carbocycles. The zero-order valence-corrected chi connectivity index (χ0v) is 14.9. The second-order valence-corrected chi connectivity index (χ2v) is 6.75. The van der Waals surface area contributed by atoms with Crippen LogP contribution < -0.4 is 0 Å². The molecule has 3 rings (SSSR count). The van der Waals surface area contributed by atoms with E-state index in [-0.39, 0.29) is 0 Å². The Labute approximate surface area is 151 Å². The lowest BCUT2D eigenvalue weighted by atomic mass is 9.83. The summed E-state index contributed by atoms with van der Waals surface area (Å²) in [6, 6.07) is 18.9. The van der Waals surface area contributed by atoms with Crippen LogP contribution in [0.3, 0.4) is 0 Å². The summed E-state index contributed by atoms with van der Waals surface area (Å²) >= 11 is 0. The molecule has 1 heteroatoms. The molecule has 0 bridgehead atoms. The van der Waals surface area contributed by atoms with Crippen molar-refractivity contribution in [2.75, 3.05) is 0 Å². The van der Waals surface area contributed by atoms with Gasteiger partial charge in [0.25, 0.3) is 0 Å². The van der Waals surface area contributed by atoms with E-state index in [9.17, 15) is 0 Å². The average molecular weight is 327 g/mol. The van der Waals surface area contributed by atoms with Gasteiger partial charge in [-0.1, -0.05) is 60.2 Å². The van der Waals surface area contributed by atoms with Crippen molar-refractivity contribution >= 4 is 0 Å². The predicted molar refractivity (Wildman–Crippen MR) is 105 cm³/mol. The van der Waals surface area contributed by atoms with E-state index in [1.165, 1.54) is 48.8 Å². The molecule has 0 saturated heterocycles. The normalized spacial score (nSPS) is 17.3. The van der Waals surface area contributed by atoms with Crippen LogP contribution in [0.2, 0.25) is 0 Å². The number of hydrogen-bond acceptors (Lipinski definition) is 1. The van der Waals surface area contributed by atoms with Crippen molar-refractivity contribution in [2.45, 2.75) is 44.9 Å². The van der Waals surface area contributed by atoms with Gasteiger partial charge in [0.05, 0.1) is 11.6 Å². The molecule has 1 aliphatic rings. The Balaban J connectivity index is 1.64. The molecule has 1 unspecified atom stereocenters. The van der Waals surface area contributed by atoms with E-state index in [4.69, 9.17) is 5.26 Å². The van der Waals surface area contributed by atoms with E-state index >= 15 is 0 Å². The molecular weight excluding hydrogens is 302 g/mol. The van der Waals surface area contributed by atoms with Gasteiger partial charge in [0.2, 0.25) is 0 Å². The highest BCUT2D eigenvalue weighted by molar-refractivity contribution is 5.64. The third-order valence-electron chi connectivity index (χ3n) is 5.10. The molecule has 1 aliphatic carbocycles. The highest BCUT2D eigenvalue weighted by atomic mass is 14.2. The van der Waals surface area contributed by atoms with E-state index in [1.54, 1.807) is 5.57 Å². The fourth-order valence-electron chi connectivity index (χ4n) is 3.54. The second-order valence-electron chi connectivity index (χ2n) is 6.75. The summed E-state index contributed by atoms with van der Waals surface area (Å²) < 4.78 is 0. The van der Waals surface area contributed by atoms with Gasteiger partial charge in [-0.2, -0.15) is 5.26 Å². The average Bonchev–Trinajstić information content (AvgIpc) is 2.69. The maximum atomic E-state index is 8.90. The van der Waals surface area contributed by atoms with Gasteiger partial charge in [0.15, 0.2) is 0 Å². The number of rotatable bonds is 5. The summed E-state index contributed by atoms with van der Waals surface area (Å²) in [5.74, 6) is 0.653. The molecule has 0 N–H and O–H groups in total.